The van der Waals surface area contributed by atoms with Gasteiger partial charge in [-0.1, -0.05) is 47.5 Å². The number of carbonyl (C=O) groups is 2. The Morgan fingerprint density at radius 2 is 1.71 bits per heavy atom. The molecule has 1 N–H and O–H groups in total. The number of anilines is 1. The minimum Gasteiger partial charge on any atom is -0.350 e. The Balaban J connectivity index is 2.16. The highest BCUT2D eigenvalue weighted by Gasteiger charge is 2.37. The average Bonchev–Trinajstić information content (AvgIpc) is 2.75. The van der Waals surface area contributed by atoms with E-state index in [-0.39, 0.29) is 11.3 Å². The van der Waals surface area contributed by atoms with Gasteiger partial charge in [0.1, 0.15) is 5.70 Å². The van der Waals surface area contributed by atoms with Crippen LogP contribution in [0.2, 0.25) is 10.0 Å². The summed E-state index contributed by atoms with van der Waals surface area (Å²) >= 11 is 12.2. The first-order valence-corrected chi connectivity index (χ1v) is 8.00. The summed E-state index contributed by atoms with van der Waals surface area (Å²) in [6.07, 6.45) is 0. The molecule has 0 aromatic heterocycles. The van der Waals surface area contributed by atoms with Crippen LogP contribution < -0.4 is 5.32 Å². The van der Waals surface area contributed by atoms with Gasteiger partial charge < -0.3 is 5.32 Å². The number of halogens is 2. The van der Waals surface area contributed by atoms with Gasteiger partial charge in [0.2, 0.25) is 0 Å². The zero-order valence-electron chi connectivity index (χ0n) is 13.1. The van der Waals surface area contributed by atoms with Gasteiger partial charge >= 0.3 is 0 Å². The molecule has 0 atom stereocenters. The molecule has 2 amide bonds. The van der Waals surface area contributed by atoms with E-state index in [2.05, 4.69) is 5.32 Å². The van der Waals surface area contributed by atoms with Crippen molar-refractivity contribution in [3.63, 3.8) is 0 Å². The maximum atomic E-state index is 12.6. The third-order valence-corrected chi connectivity index (χ3v) is 4.44. The van der Waals surface area contributed by atoms with Gasteiger partial charge in [0.15, 0.2) is 0 Å². The lowest BCUT2D eigenvalue weighted by Crippen LogP contribution is -2.28. The molecule has 0 saturated heterocycles. The van der Waals surface area contributed by atoms with E-state index in [0.717, 1.165) is 16.2 Å². The first-order valence-electron chi connectivity index (χ1n) is 7.25. The van der Waals surface area contributed by atoms with Gasteiger partial charge in [0.25, 0.3) is 11.8 Å². The van der Waals surface area contributed by atoms with E-state index in [0.29, 0.717) is 15.6 Å². The number of nitrogens with zero attached hydrogens (tertiary/aromatic N) is 1. The molecule has 1 heterocycles. The van der Waals surface area contributed by atoms with Crippen LogP contribution in [-0.2, 0) is 9.59 Å². The van der Waals surface area contributed by atoms with Crippen LogP contribution in [0.4, 0.5) is 5.69 Å². The number of amides is 2. The van der Waals surface area contributed by atoms with Gasteiger partial charge in [-0.3, -0.25) is 14.5 Å². The van der Waals surface area contributed by atoms with Crippen LogP contribution in [0.5, 0.6) is 0 Å². The van der Waals surface area contributed by atoms with Crippen LogP contribution in [-0.4, -0.2) is 23.8 Å². The molecule has 4 nitrogen and oxygen atoms in total. The highest BCUT2D eigenvalue weighted by atomic mass is 35.5. The first kappa shape index (κ1) is 16.6. The molecule has 1 aliphatic rings. The zero-order chi connectivity index (χ0) is 17.4. The van der Waals surface area contributed by atoms with E-state index in [4.69, 9.17) is 23.2 Å². The molecule has 1 aliphatic heterocycles. The van der Waals surface area contributed by atoms with Crippen molar-refractivity contribution >= 4 is 46.3 Å². The highest BCUT2D eigenvalue weighted by molar-refractivity contribution is 6.41. The second kappa shape index (κ2) is 6.30. The number of nitrogens with one attached hydrogen (secondary N) is 1. The molecule has 24 heavy (non-hydrogen) atoms. The summed E-state index contributed by atoms with van der Waals surface area (Å²) in [5, 5.41) is 3.86. The lowest BCUT2D eigenvalue weighted by molar-refractivity contribution is -0.135. The average molecular weight is 361 g/mol. The Hall–Kier alpha value is -2.30. The summed E-state index contributed by atoms with van der Waals surface area (Å²) in [6.45, 7) is 1.92. The van der Waals surface area contributed by atoms with Gasteiger partial charge in [-0.2, -0.15) is 0 Å². The lowest BCUT2D eigenvalue weighted by Gasteiger charge is -2.11. The van der Waals surface area contributed by atoms with Crippen molar-refractivity contribution in [2.45, 2.75) is 6.92 Å². The van der Waals surface area contributed by atoms with Gasteiger partial charge in [0.05, 0.1) is 10.6 Å². The van der Waals surface area contributed by atoms with Crippen molar-refractivity contribution in [3.05, 3.63) is 69.3 Å². The van der Waals surface area contributed by atoms with E-state index >= 15 is 0 Å². The van der Waals surface area contributed by atoms with Gasteiger partial charge in [-0.05, 0) is 30.7 Å². The second-order valence-corrected chi connectivity index (χ2v) is 6.33. The molecule has 0 spiro atoms. The van der Waals surface area contributed by atoms with Crippen LogP contribution in [0.3, 0.4) is 0 Å². The molecule has 0 fully saturated rings. The van der Waals surface area contributed by atoms with Crippen LogP contribution in [0.25, 0.3) is 5.57 Å². The van der Waals surface area contributed by atoms with Crippen molar-refractivity contribution in [2.24, 2.45) is 0 Å². The van der Waals surface area contributed by atoms with E-state index < -0.39 is 11.8 Å². The van der Waals surface area contributed by atoms with E-state index in [1.807, 2.05) is 31.2 Å². The standard InChI is InChI=1S/C18H14Cl2N2O2/c1-10-5-3-4-6-14(10)21-16-15(17(23)22(2)18(16)24)12-8-7-11(19)9-13(12)20/h3-9,21H,1-2H3. The molecule has 0 unspecified atom stereocenters. The number of imide groups is 1. The monoisotopic (exact) mass is 360 g/mol. The maximum absolute atomic E-state index is 12.6. The Morgan fingerprint density at radius 3 is 2.38 bits per heavy atom. The summed E-state index contributed by atoms with van der Waals surface area (Å²) in [4.78, 5) is 26.1. The van der Waals surface area contributed by atoms with Gasteiger partial charge in [0, 0.05) is 23.3 Å². The molecule has 122 valence electrons. The van der Waals surface area contributed by atoms with Crippen molar-refractivity contribution in [1.29, 1.82) is 0 Å². The van der Waals surface area contributed by atoms with Gasteiger partial charge in [-0.15, -0.1) is 0 Å². The number of aryl methyl sites for hydroxylation is 1. The third kappa shape index (κ3) is 2.79. The summed E-state index contributed by atoms with van der Waals surface area (Å²) in [6, 6.07) is 12.4. The SMILES string of the molecule is Cc1ccccc1NC1=C(c2ccc(Cl)cc2Cl)C(=O)N(C)C1=O. The smallest absolute Gasteiger partial charge is 0.277 e. The Kier molecular flexibility index (Phi) is 4.35. The Labute approximate surface area is 149 Å². The zero-order valence-corrected chi connectivity index (χ0v) is 14.6. The summed E-state index contributed by atoms with van der Waals surface area (Å²) in [7, 11) is 1.45. The fourth-order valence-corrected chi connectivity index (χ4v) is 3.05. The first-order chi connectivity index (χ1) is 11.4. The van der Waals surface area contributed by atoms with E-state index in [9.17, 15) is 9.59 Å². The second-order valence-electron chi connectivity index (χ2n) is 5.48. The molecule has 0 saturated carbocycles. The van der Waals surface area contributed by atoms with Crippen LogP contribution in [0.15, 0.2) is 48.2 Å². The minimum atomic E-state index is -0.402. The summed E-state index contributed by atoms with van der Waals surface area (Å²) < 4.78 is 0. The van der Waals surface area contributed by atoms with E-state index in [1.54, 1.807) is 18.2 Å². The Bertz CT molecular complexity index is 890. The molecule has 6 heteroatoms. The van der Waals surface area contributed by atoms with Crippen LogP contribution >= 0.6 is 23.2 Å². The lowest BCUT2D eigenvalue weighted by atomic mass is 10.0. The third-order valence-electron chi connectivity index (χ3n) is 3.89. The van der Waals surface area contributed by atoms with Crippen molar-refractivity contribution in [3.8, 4) is 0 Å². The molecule has 0 aliphatic carbocycles. The Morgan fingerprint density at radius 1 is 1.00 bits per heavy atom. The quantitative estimate of drug-likeness (QED) is 0.837. The molecular weight excluding hydrogens is 347 g/mol. The van der Waals surface area contributed by atoms with Gasteiger partial charge in [-0.25, -0.2) is 0 Å². The molecule has 0 bridgehead atoms. The topological polar surface area (TPSA) is 49.4 Å². The number of benzene rings is 2. The number of carbonyl (C=O) groups excluding carboxylic acids is 2. The predicted molar refractivity (Wildman–Crippen MR) is 96.0 cm³/mol. The number of hydrogen-bond donors (Lipinski definition) is 1. The van der Waals surface area contributed by atoms with Crippen LogP contribution in [0, 0.1) is 6.92 Å². The molecule has 0 radical (unpaired) electrons. The predicted octanol–water partition coefficient (Wildman–Crippen LogP) is 4.12. The maximum Gasteiger partial charge on any atom is 0.277 e. The highest BCUT2D eigenvalue weighted by Crippen LogP contribution is 2.35. The number of rotatable bonds is 3. The summed E-state index contributed by atoms with van der Waals surface area (Å²) in [5.41, 5.74) is 2.64. The molecular formula is C18H14Cl2N2O2. The largest absolute Gasteiger partial charge is 0.350 e. The number of hydrogen-bond acceptors (Lipinski definition) is 3. The van der Waals surface area contributed by atoms with Crippen molar-refractivity contribution < 1.29 is 9.59 Å². The number of likely N-dealkylation sites (N-methyl/N-ethyl adjacent to an activating group) is 1. The number of para-hydroxylation sites is 1. The molecule has 2 aromatic rings. The molecule has 2 aromatic carbocycles. The van der Waals surface area contributed by atoms with Crippen LogP contribution in [0.1, 0.15) is 11.1 Å². The fourth-order valence-electron chi connectivity index (χ4n) is 2.55. The normalized spacial score (nSPS) is 14.6. The van der Waals surface area contributed by atoms with Crippen molar-refractivity contribution in [1.82, 2.24) is 4.90 Å². The molecule has 3 rings (SSSR count). The summed E-state index contributed by atoms with van der Waals surface area (Å²) in [5.74, 6) is -0.801. The minimum absolute atomic E-state index is 0.209. The van der Waals surface area contributed by atoms with E-state index in [1.165, 1.54) is 7.05 Å². The van der Waals surface area contributed by atoms with Crippen molar-refractivity contribution in [2.75, 3.05) is 12.4 Å². The fraction of sp³-hybridized carbons (Fsp3) is 0.111.